The highest BCUT2D eigenvalue weighted by atomic mass is 19.1. The average molecular weight is 554 g/mol. The van der Waals surface area contributed by atoms with Gasteiger partial charge in [-0.05, 0) is 58.5 Å². The third kappa shape index (κ3) is 9.31. The summed E-state index contributed by atoms with van der Waals surface area (Å²) in [5, 5.41) is 9.04. The fourth-order valence-electron chi connectivity index (χ4n) is 3.84. The molecule has 3 rings (SSSR count). The van der Waals surface area contributed by atoms with Gasteiger partial charge in [0.1, 0.15) is 17.7 Å². The van der Waals surface area contributed by atoms with Crippen LogP contribution in [0, 0.1) is 23.6 Å². The van der Waals surface area contributed by atoms with E-state index in [2.05, 4.69) is 37.8 Å². The van der Waals surface area contributed by atoms with Crippen LogP contribution in [-0.2, 0) is 9.59 Å². The van der Waals surface area contributed by atoms with Gasteiger partial charge in [0.05, 0.1) is 18.4 Å². The summed E-state index contributed by atoms with van der Waals surface area (Å²) in [6, 6.07) is 5.34. The van der Waals surface area contributed by atoms with Crippen LogP contribution in [0.2, 0.25) is 0 Å². The molecule has 2 aromatic rings. The van der Waals surface area contributed by atoms with Gasteiger partial charge in [-0.3, -0.25) is 14.0 Å². The molecule has 2 amide bonds. The second-order valence-corrected chi connectivity index (χ2v) is 9.99. The molecule has 1 aliphatic rings. The molecule has 0 saturated heterocycles. The zero-order chi connectivity index (χ0) is 29.1. The SMILES string of the molecule is C[C@@H](C(=O)NC1CC(C#Cc2cnc(Nc3cccc(F)c3)nc2NCCCF)C1)N(C)C(=O)/C=C/CN(C)C. The minimum absolute atomic E-state index is 0.0155. The maximum Gasteiger partial charge on any atom is 0.246 e. The first kappa shape index (κ1) is 30.5. The lowest BCUT2D eigenvalue weighted by Gasteiger charge is -2.34. The monoisotopic (exact) mass is 553 g/mol. The van der Waals surface area contributed by atoms with Crippen LogP contribution in [0.1, 0.15) is 31.7 Å². The molecule has 1 saturated carbocycles. The number of hydrogen-bond donors (Lipinski definition) is 3. The number of amides is 2. The van der Waals surface area contributed by atoms with E-state index < -0.39 is 12.7 Å². The van der Waals surface area contributed by atoms with Crippen molar-refractivity contribution in [2.45, 2.75) is 38.3 Å². The zero-order valence-electron chi connectivity index (χ0n) is 23.4. The molecule has 1 aromatic carbocycles. The molecule has 0 radical (unpaired) electrons. The number of halogens is 2. The third-order valence-corrected chi connectivity index (χ3v) is 6.41. The first-order valence-corrected chi connectivity index (χ1v) is 13.3. The van der Waals surface area contributed by atoms with Crippen LogP contribution in [0.25, 0.3) is 0 Å². The van der Waals surface area contributed by atoms with Crippen LogP contribution in [-0.4, -0.2) is 84.6 Å². The van der Waals surface area contributed by atoms with Gasteiger partial charge in [0, 0.05) is 43.9 Å². The van der Waals surface area contributed by atoms with Crippen LogP contribution < -0.4 is 16.0 Å². The van der Waals surface area contributed by atoms with Crippen molar-refractivity contribution < 1.29 is 18.4 Å². The molecule has 3 N–H and O–H groups in total. The topological polar surface area (TPSA) is 102 Å². The molecule has 9 nitrogen and oxygen atoms in total. The molecular weight excluding hydrogens is 516 g/mol. The fraction of sp³-hybridized carbons (Fsp3) is 0.448. The Labute approximate surface area is 234 Å². The van der Waals surface area contributed by atoms with Gasteiger partial charge in [-0.15, -0.1) is 0 Å². The minimum Gasteiger partial charge on any atom is -0.369 e. The Morgan fingerprint density at radius 2 is 2.02 bits per heavy atom. The highest BCUT2D eigenvalue weighted by Gasteiger charge is 2.31. The number of anilines is 3. The van der Waals surface area contributed by atoms with Crippen LogP contribution in [0.4, 0.5) is 26.2 Å². The van der Waals surface area contributed by atoms with Crippen LogP contribution >= 0.6 is 0 Å². The van der Waals surface area contributed by atoms with Gasteiger partial charge in [-0.25, -0.2) is 9.37 Å². The Morgan fingerprint density at radius 1 is 1.25 bits per heavy atom. The molecule has 1 aromatic heterocycles. The molecule has 0 spiro atoms. The molecule has 1 fully saturated rings. The van der Waals surface area contributed by atoms with Gasteiger partial charge in [0.15, 0.2) is 0 Å². The fourth-order valence-corrected chi connectivity index (χ4v) is 3.84. The number of alkyl halides is 1. The van der Waals surface area contributed by atoms with Crippen molar-refractivity contribution in [2.24, 2.45) is 5.92 Å². The Hall–Kier alpha value is -4.04. The maximum absolute atomic E-state index is 13.5. The Bertz CT molecular complexity index is 1250. The summed E-state index contributed by atoms with van der Waals surface area (Å²) in [6.45, 7) is 2.26. The molecule has 0 unspecified atom stereocenters. The lowest BCUT2D eigenvalue weighted by atomic mass is 9.80. The lowest BCUT2D eigenvalue weighted by Crippen LogP contribution is -2.51. The van der Waals surface area contributed by atoms with Gasteiger partial charge in [-0.2, -0.15) is 4.98 Å². The summed E-state index contributed by atoms with van der Waals surface area (Å²) in [7, 11) is 5.43. The van der Waals surface area contributed by atoms with Gasteiger partial charge in [-0.1, -0.05) is 24.0 Å². The summed E-state index contributed by atoms with van der Waals surface area (Å²) < 4.78 is 26.2. The van der Waals surface area contributed by atoms with Gasteiger partial charge >= 0.3 is 0 Å². The summed E-state index contributed by atoms with van der Waals surface area (Å²) >= 11 is 0. The number of carbonyl (C=O) groups is 2. The maximum atomic E-state index is 13.5. The second-order valence-electron chi connectivity index (χ2n) is 9.99. The van der Waals surface area contributed by atoms with E-state index in [-0.39, 0.29) is 35.5 Å². The third-order valence-electron chi connectivity index (χ3n) is 6.41. The summed E-state index contributed by atoms with van der Waals surface area (Å²) in [5.74, 6) is 6.30. The largest absolute Gasteiger partial charge is 0.369 e. The van der Waals surface area contributed by atoms with Crippen molar-refractivity contribution >= 4 is 29.3 Å². The quantitative estimate of drug-likeness (QED) is 0.211. The predicted molar refractivity (Wildman–Crippen MR) is 152 cm³/mol. The van der Waals surface area contributed by atoms with Crippen LogP contribution in [0.15, 0.2) is 42.6 Å². The summed E-state index contributed by atoms with van der Waals surface area (Å²) in [4.78, 5) is 37.1. The van der Waals surface area contributed by atoms with E-state index in [4.69, 9.17) is 0 Å². The smallest absolute Gasteiger partial charge is 0.246 e. The minimum atomic E-state index is -0.601. The van der Waals surface area contributed by atoms with Crippen LogP contribution in [0.5, 0.6) is 0 Å². The molecule has 40 heavy (non-hydrogen) atoms. The highest BCUT2D eigenvalue weighted by Crippen LogP contribution is 2.27. The molecule has 0 bridgehead atoms. The molecule has 11 heteroatoms. The number of hydrogen-bond acceptors (Lipinski definition) is 7. The van der Waals surface area contributed by atoms with Crippen molar-refractivity contribution in [1.29, 1.82) is 0 Å². The van der Waals surface area contributed by atoms with E-state index in [9.17, 15) is 18.4 Å². The standard InChI is InChI=1S/C29H37F2N7O2/c1-20(38(4)26(39)10-6-15-37(2)3)28(40)34-25-16-21(17-25)11-12-22-19-33-29(36-27(22)32-14-7-13-30)35-24-9-5-8-23(31)18-24/h5-6,8-10,18-21,25H,7,13-17H2,1-4H3,(H,34,40)(H2,32,33,35,36)/b10-6+/t20-,21?,25?/m0/s1. The molecule has 214 valence electrons. The van der Waals surface area contributed by atoms with Gasteiger partial charge in [0.2, 0.25) is 17.8 Å². The van der Waals surface area contributed by atoms with Crippen molar-refractivity contribution in [3.63, 3.8) is 0 Å². The van der Waals surface area contributed by atoms with Gasteiger partial charge < -0.3 is 25.8 Å². The average Bonchev–Trinajstić information content (AvgIpc) is 2.89. The lowest BCUT2D eigenvalue weighted by molar-refractivity contribution is -0.135. The first-order valence-electron chi connectivity index (χ1n) is 13.3. The van der Waals surface area contributed by atoms with E-state index in [1.165, 1.54) is 23.1 Å². The number of benzene rings is 1. The molecule has 0 aliphatic heterocycles. The normalized spacial score (nSPS) is 17.0. The number of carbonyl (C=O) groups excluding carboxylic acids is 2. The zero-order valence-corrected chi connectivity index (χ0v) is 23.4. The van der Waals surface area contributed by atoms with Crippen molar-refractivity contribution in [1.82, 2.24) is 25.1 Å². The number of likely N-dealkylation sites (N-methyl/N-ethyl adjacent to an activating group) is 2. The molecule has 1 aliphatic carbocycles. The molecular formula is C29H37F2N7O2. The van der Waals surface area contributed by atoms with Crippen molar-refractivity contribution in [2.75, 3.05) is 51.5 Å². The second kappa shape index (κ2) is 14.9. The predicted octanol–water partition coefficient (Wildman–Crippen LogP) is 3.34. The number of nitrogens with zero attached hydrogens (tertiary/aromatic N) is 4. The van der Waals surface area contributed by atoms with Crippen molar-refractivity contribution in [3.8, 4) is 11.8 Å². The van der Waals surface area contributed by atoms with E-state index >= 15 is 0 Å². The summed E-state index contributed by atoms with van der Waals surface area (Å²) in [5.41, 5.74) is 1.06. The Kier molecular flexibility index (Phi) is 11.4. The number of rotatable bonds is 12. The Balaban J connectivity index is 1.55. The van der Waals surface area contributed by atoms with E-state index in [0.717, 1.165) is 0 Å². The van der Waals surface area contributed by atoms with Crippen LogP contribution in [0.3, 0.4) is 0 Å². The van der Waals surface area contributed by atoms with Gasteiger partial charge in [0.25, 0.3) is 0 Å². The number of aromatic nitrogens is 2. The summed E-state index contributed by atoms with van der Waals surface area (Å²) in [6.07, 6.45) is 6.51. The highest BCUT2D eigenvalue weighted by molar-refractivity contribution is 5.92. The van der Waals surface area contributed by atoms with E-state index in [1.54, 1.807) is 38.4 Å². The van der Waals surface area contributed by atoms with E-state index in [0.29, 0.717) is 49.4 Å². The molecule has 1 atom stereocenters. The first-order chi connectivity index (χ1) is 19.2. The molecule has 1 heterocycles. The van der Waals surface area contributed by atoms with E-state index in [1.807, 2.05) is 19.0 Å². The number of nitrogens with one attached hydrogen (secondary N) is 3. The van der Waals surface area contributed by atoms with Crippen molar-refractivity contribution in [3.05, 3.63) is 54.0 Å². The Morgan fingerprint density at radius 3 is 2.73 bits per heavy atom.